The van der Waals surface area contributed by atoms with Crippen molar-refractivity contribution in [2.45, 2.75) is 46.8 Å². The summed E-state index contributed by atoms with van der Waals surface area (Å²) >= 11 is 0. The van der Waals surface area contributed by atoms with E-state index < -0.39 is 5.97 Å². The van der Waals surface area contributed by atoms with E-state index in [-0.39, 0.29) is 12.2 Å². The van der Waals surface area contributed by atoms with E-state index >= 15 is 0 Å². The van der Waals surface area contributed by atoms with E-state index in [1.54, 1.807) is 11.6 Å². The Labute approximate surface area is 113 Å². The van der Waals surface area contributed by atoms with Crippen LogP contribution in [-0.4, -0.2) is 34.6 Å². The first kappa shape index (κ1) is 15.5. The van der Waals surface area contributed by atoms with Crippen molar-refractivity contribution >= 4 is 11.7 Å². The molecule has 0 spiro atoms. The molecule has 1 heterocycles. The van der Waals surface area contributed by atoms with Gasteiger partial charge in [-0.3, -0.25) is 4.68 Å². The summed E-state index contributed by atoms with van der Waals surface area (Å²) in [5.74, 6) is -0.461. The third-order valence-corrected chi connectivity index (χ3v) is 2.52. The summed E-state index contributed by atoms with van der Waals surface area (Å²) in [6, 6.07) is 0. The fraction of sp³-hybridized carbons (Fsp3) is 0.692. The molecule has 0 saturated heterocycles. The van der Waals surface area contributed by atoms with Crippen LogP contribution in [-0.2, 0) is 16.0 Å². The SMILES string of the molecule is CCn1nc(C)c(N)c1C(=O)OCCOC(C)(C)C. The Hall–Kier alpha value is -1.56. The van der Waals surface area contributed by atoms with Crippen LogP contribution in [0.1, 0.15) is 43.9 Å². The van der Waals surface area contributed by atoms with Crippen LogP contribution in [0.4, 0.5) is 5.69 Å². The number of anilines is 1. The van der Waals surface area contributed by atoms with E-state index in [9.17, 15) is 4.79 Å². The average Bonchev–Trinajstić information content (AvgIpc) is 2.59. The van der Waals surface area contributed by atoms with Crippen molar-refractivity contribution in [1.29, 1.82) is 0 Å². The molecule has 1 aromatic rings. The number of nitrogens with two attached hydrogens (primary N) is 1. The molecule has 0 bridgehead atoms. The predicted molar refractivity (Wildman–Crippen MR) is 73.0 cm³/mol. The number of rotatable bonds is 5. The highest BCUT2D eigenvalue weighted by Crippen LogP contribution is 2.17. The molecule has 0 unspecified atom stereocenters. The van der Waals surface area contributed by atoms with Gasteiger partial charge < -0.3 is 15.2 Å². The summed E-state index contributed by atoms with van der Waals surface area (Å²) in [6.45, 7) is 10.6. The number of carbonyl (C=O) groups excluding carboxylic acids is 1. The van der Waals surface area contributed by atoms with E-state index in [0.29, 0.717) is 30.2 Å². The van der Waals surface area contributed by atoms with Gasteiger partial charge in [-0.15, -0.1) is 0 Å². The van der Waals surface area contributed by atoms with Crippen molar-refractivity contribution < 1.29 is 14.3 Å². The Bertz CT molecular complexity index is 447. The lowest BCUT2D eigenvalue weighted by Crippen LogP contribution is -2.23. The molecular weight excluding hydrogens is 246 g/mol. The summed E-state index contributed by atoms with van der Waals surface area (Å²) in [7, 11) is 0. The Balaban J connectivity index is 2.59. The lowest BCUT2D eigenvalue weighted by molar-refractivity contribution is -0.0284. The summed E-state index contributed by atoms with van der Waals surface area (Å²) in [5.41, 5.74) is 6.93. The largest absolute Gasteiger partial charge is 0.458 e. The molecule has 0 aliphatic carbocycles. The van der Waals surface area contributed by atoms with Crippen molar-refractivity contribution in [3.63, 3.8) is 0 Å². The van der Waals surface area contributed by atoms with E-state index in [4.69, 9.17) is 15.2 Å². The number of aromatic nitrogens is 2. The number of nitrogens with zero attached hydrogens (tertiary/aromatic N) is 2. The minimum atomic E-state index is -0.461. The van der Waals surface area contributed by atoms with E-state index in [2.05, 4.69) is 5.10 Å². The van der Waals surface area contributed by atoms with E-state index in [1.165, 1.54) is 0 Å². The second kappa shape index (κ2) is 6.06. The van der Waals surface area contributed by atoms with Crippen molar-refractivity contribution in [1.82, 2.24) is 9.78 Å². The third-order valence-electron chi connectivity index (χ3n) is 2.52. The summed E-state index contributed by atoms with van der Waals surface area (Å²) in [4.78, 5) is 12.0. The molecule has 1 rings (SSSR count). The molecule has 6 nitrogen and oxygen atoms in total. The lowest BCUT2D eigenvalue weighted by Gasteiger charge is -2.19. The van der Waals surface area contributed by atoms with Gasteiger partial charge in [0.2, 0.25) is 0 Å². The molecule has 1 aromatic heterocycles. The third kappa shape index (κ3) is 4.24. The number of nitrogen functional groups attached to an aromatic ring is 1. The van der Waals surface area contributed by atoms with E-state index in [0.717, 1.165) is 0 Å². The van der Waals surface area contributed by atoms with Gasteiger partial charge in [0.15, 0.2) is 5.69 Å². The second-order valence-corrected chi connectivity index (χ2v) is 5.26. The highest BCUT2D eigenvalue weighted by Gasteiger charge is 2.20. The normalized spacial score (nSPS) is 11.6. The van der Waals surface area contributed by atoms with Crippen LogP contribution in [0.3, 0.4) is 0 Å². The van der Waals surface area contributed by atoms with Crippen LogP contribution < -0.4 is 5.73 Å². The fourth-order valence-corrected chi connectivity index (χ4v) is 1.59. The van der Waals surface area contributed by atoms with Crippen molar-refractivity contribution in [2.75, 3.05) is 18.9 Å². The molecule has 6 heteroatoms. The first-order valence-corrected chi connectivity index (χ1v) is 6.40. The number of hydrogen-bond donors (Lipinski definition) is 1. The quantitative estimate of drug-likeness (QED) is 0.651. The van der Waals surface area contributed by atoms with Gasteiger partial charge in [0, 0.05) is 6.54 Å². The molecule has 0 saturated carbocycles. The number of carbonyl (C=O) groups is 1. The minimum Gasteiger partial charge on any atom is -0.458 e. The summed E-state index contributed by atoms with van der Waals surface area (Å²) < 4.78 is 12.2. The van der Waals surface area contributed by atoms with Crippen molar-refractivity contribution in [3.8, 4) is 0 Å². The molecule has 0 atom stereocenters. The molecule has 0 aromatic carbocycles. The topological polar surface area (TPSA) is 79.4 Å². The zero-order chi connectivity index (χ0) is 14.6. The molecule has 108 valence electrons. The fourth-order valence-electron chi connectivity index (χ4n) is 1.59. The van der Waals surface area contributed by atoms with Gasteiger partial charge in [-0.1, -0.05) is 0 Å². The van der Waals surface area contributed by atoms with Crippen LogP contribution in [0, 0.1) is 6.92 Å². The van der Waals surface area contributed by atoms with Crippen LogP contribution >= 0.6 is 0 Å². The molecule has 0 aliphatic rings. The van der Waals surface area contributed by atoms with Gasteiger partial charge in [-0.05, 0) is 34.6 Å². The Kier molecular flexibility index (Phi) is 4.94. The molecule has 2 N–H and O–H groups in total. The molecule has 19 heavy (non-hydrogen) atoms. The zero-order valence-electron chi connectivity index (χ0n) is 12.3. The lowest BCUT2D eigenvalue weighted by atomic mass is 10.2. The van der Waals surface area contributed by atoms with E-state index in [1.807, 2.05) is 27.7 Å². The first-order valence-electron chi connectivity index (χ1n) is 6.40. The molecule has 0 amide bonds. The highest BCUT2D eigenvalue weighted by atomic mass is 16.6. The maximum atomic E-state index is 12.0. The second-order valence-electron chi connectivity index (χ2n) is 5.26. The standard InChI is InChI=1S/C13H23N3O3/c1-6-16-11(10(14)9(2)15-16)12(17)18-7-8-19-13(3,4)5/h6-8,14H2,1-5H3. The highest BCUT2D eigenvalue weighted by molar-refractivity contribution is 5.93. The molecule has 0 aliphatic heterocycles. The Morgan fingerprint density at radius 2 is 2.00 bits per heavy atom. The van der Waals surface area contributed by atoms with Gasteiger partial charge >= 0.3 is 5.97 Å². The van der Waals surface area contributed by atoms with Gasteiger partial charge in [-0.2, -0.15) is 5.10 Å². The summed E-state index contributed by atoms with van der Waals surface area (Å²) in [5, 5.41) is 4.18. The van der Waals surface area contributed by atoms with Crippen molar-refractivity contribution in [2.24, 2.45) is 0 Å². The number of esters is 1. The summed E-state index contributed by atoms with van der Waals surface area (Å²) in [6.07, 6.45) is 0. The monoisotopic (exact) mass is 269 g/mol. The Morgan fingerprint density at radius 1 is 1.37 bits per heavy atom. The molecule has 0 fully saturated rings. The van der Waals surface area contributed by atoms with Crippen LogP contribution in [0.2, 0.25) is 0 Å². The number of hydrogen-bond acceptors (Lipinski definition) is 5. The smallest absolute Gasteiger partial charge is 0.358 e. The van der Waals surface area contributed by atoms with Crippen molar-refractivity contribution in [3.05, 3.63) is 11.4 Å². The number of ether oxygens (including phenoxy) is 2. The average molecular weight is 269 g/mol. The minimum absolute atomic E-state index is 0.198. The van der Waals surface area contributed by atoms with Crippen LogP contribution in [0.25, 0.3) is 0 Å². The van der Waals surface area contributed by atoms with Crippen LogP contribution in [0.15, 0.2) is 0 Å². The van der Waals surface area contributed by atoms with Gasteiger partial charge in [-0.25, -0.2) is 4.79 Å². The molecule has 0 radical (unpaired) electrons. The first-order chi connectivity index (χ1) is 8.76. The van der Waals surface area contributed by atoms with Gasteiger partial charge in [0.25, 0.3) is 0 Å². The number of aryl methyl sites for hydroxylation is 2. The van der Waals surface area contributed by atoms with Crippen LogP contribution in [0.5, 0.6) is 0 Å². The maximum absolute atomic E-state index is 12.0. The zero-order valence-corrected chi connectivity index (χ0v) is 12.3. The van der Waals surface area contributed by atoms with Gasteiger partial charge in [0.1, 0.15) is 6.61 Å². The Morgan fingerprint density at radius 3 is 2.53 bits per heavy atom. The van der Waals surface area contributed by atoms with Gasteiger partial charge in [0.05, 0.1) is 23.6 Å². The predicted octanol–water partition coefficient (Wildman–Crippen LogP) is 1.77. The maximum Gasteiger partial charge on any atom is 0.358 e. The molecular formula is C13H23N3O3.